The monoisotopic (exact) mass is 182 g/mol. The van der Waals surface area contributed by atoms with E-state index in [1.165, 1.54) is 12.4 Å². The van der Waals surface area contributed by atoms with Gasteiger partial charge in [0, 0.05) is 0 Å². The summed E-state index contributed by atoms with van der Waals surface area (Å²) in [7, 11) is 10.5. The second-order valence-electron chi connectivity index (χ2n) is 2.48. The third-order valence-electron chi connectivity index (χ3n) is 1.42. The maximum atomic E-state index is 5.36. The van der Waals surface area contributed by atoms with Crippen LogP contribution >= 0.6 is 0 Å². The van der Waals surface area contributed by atoms with Crippen molar-refractivity contribution in [2.45, 2.75) is 20.8 Å². The van der Waals surface area contributed by atoms with Gasteiger partial charge in [-0.15, -0.1) is 0 Å². The Kier molecular flexibility index (Phi) is 7.00. The van der Waals surface area contributed by atoms with Crippen molar-refractivity contribution >= 4 is 27.9 Å². The summed E-state index contributed by atoms with van der Waals surface area (Å²) in [5.41, 5.74) is 1.39. The van der Waals surface area contributed by atoms with E-state index in [4.69, 9.17) is 20.3 Å². The standard InChI is InChI=1S/C8H7B3O.C2H6/c1-6-2-4-7(5-3-6)12-8(9)11-10;1-2/h2-5H,1H3;1-2H3. The predicted octanol–water partition coefficient (Wildman–Crippen LogP) is 1.44. The van der Waals surface area contributed by atoms with Gasteiger partial charge in [0.2, 0.25) is 0 Å². The van der Waals surface area contributed by atoms with Gasteiger partial charge in [0.15, 0.2) is 0 Å². The third kappa shape index (κ3) is 4.95. The molecule has 1 aromatic carbocycles. The Morgan fingerprint density at radius 2 is 1.71 bits per heavy atom. The Bertz CT molecular complexity index is 280. The van der Waals surface area contributed by atoms with E-state index in [9.17, 15) is 0 Å². The summed E-state index contributed by atoms with van der Waals surface area (Å²) in [6.45, 7) is 7.23. The zero-order valence-electron chi connectivity index (χ0n) is 8.95. The molecule has 1 nitrogen and oxygen atoms in total. The molecular formula is C10H13B3O. The minimum atomic E-state index is 0.207. The van der Waals surface area contributed by atoms with Crippen molar-refractivity contribution < 1.29 is 4.74 Å². The van der Waals surface area contributed by atoms with Gasteiger partial charge in [-0.05, 0) is 0 Å². The second kappa shape index (κ2) is 7.49. The van der Waals surface area contributed by atoms with Crippen LogP contribution in [0.25, 0.3) is 0 Å². The van der Waals surface area contributed by atoms with Crippen LogP contribution in [0.15, 0.2) is 24.3 Å². The van der Waals surface area contributed by atoms with E-state index in [0.717, 1.165) is 0 Å². The molecule has 0 aliphatic carbocycles. The SMILES string of the molecule is CC.[B]B=C([B])Oc1ccc(C)cc1. The van der Waals surface area contributed by atoms with Crippen molar-refractivity contribution in [1.82, 2.24) is 0 Å². The molecule has 4 radical (unpaired) electrons. The normalized spacial score (nSPS) is 9.50. The van der Waals surface area contributed by atoms with Crippen LogP contribution in [0.5, 0.6) is 5.75 Å². The molecule has 14 heavy (non-hydrogen) atoms. The van der Waals surface area contributed by atoms with Crippen molar-refractivity contribution in [3.63, 3.8) is 0 Å². The van der Waals surface area contributed by atoms with E-state index in [0.29, 0.717) is 5.75 Å². The van der Waals surface area contributed by atoms with Crippen molar-refractivity contribution in [2.75, 3.05) is 0 Å². The van der Waals surface area contributed by atoms with E-state index < -0.39 is 0 Å². The molecule has 0 fully saturated rings. The van der Waals surface area contributed by atoms with E-state index in [1.807, 2.05) is 45.0 Å². The fraction of sp³-hybridized carbons (Fsp3) is 0.300. The summed E-state index contributed by atoms with van der Waals surface area (Å²) in [5, 5.41) is 0. The Morgan fingerprint density at radius 1 is 1.21 bits per heavy atom. The Hall–Kier alpha value is -0.915. The summed E-state index contributed by atoms with van der Waals surface area (Å²) in [4.78, 5) is 0. The molecule has 0 heterocycles. The molecule has 0 bridgehead atoms. The first-order valence-corrected chi connectivity index (χ1v) is 4.64. The molecule has 0 spiro atoms. The number of rotatable bonds is 2. The van der Waals surface area contributed by atoms with Crippen molar-refractivity contribution in [1.29, 1.82) is 0 Å². The third-order valence-corrected chi connectivity index (χ3v) is 1.42. The van der Waals surface area contributed by atoms with Crippen LogP contribution in [0, 0.1) is 6.92 Å². The fourth-order valence-electron chi connectivity index (χ4n) is 0.776. The summed E-state index contributed by atoms with van der Waals surface area (Å²) in [6, 6.07) is 7.57. The summed E-state index contributed by atoms with van der Waals surface area (Å²) >= 11 is 0. The van der Waals surface area contributed by atoms with E-state index in [1.54, 1.807) is 0 Å². The van der Waals surface area contributed by atoms with Crippen LogP contribution in [0.2, 0.25) is 0 Å². The Labute approximate surface area is 89.6 Å². The molecular weight excluding hydrogens is 169 g/mol. The molecule has 0 aliphatic heterocycles. The first-order chi connectivity index (χ1) is 6.72. The van der Waals surface area contributed by atoms with Crippen molar-refractivity contribution in [3.8, 4) is 5.75 Å². The van der Waals surface area contributed by atoms with E-state index in [2.05, 4.69) is 0 Å². The minimum absolute atomic E-state index is 0.207. The summed E-state index contributed by atoms with van der Waals surface area (Å²) in [6.07, 6.45) is 0. The van der Waals surface area contributed by atoms with Crippen LogP contribution in [0.1, 0.15) is 19.4 Å². The first-order valence-electron chi connectivity index (χ1n) is 4.64. The van der Waals surface area contributed by atoms with Gasteiger partial charge in [0.05, 0.1) is 0 Å². The van der Waals surface area contributed by atoms with Gasteiger partial charge in [-0.1, -0.05) is 13.8 Å². The molecule has 0 unspecified atom stereocenters. The fourth-order valence-corrected chi connectivity index (χ4v) is 0.776. The van der Waals surface area contributed by atoms with Gasteiger partial charge >= 0.3 is 75.2 Å². The quantitative estimate of drug-likeness (QED) is 0.628. The molecule has 68 valence electrons. The Balaban J connectivity index is 0.000000791. The van der Waals surface area contributed by atoms with Crippen LogP contribution in [-0.2, 0) is 0 Å². The van der Waals surface area contributed by atoms with E-state index >= 15 is 0 Å². The number of hydrogen-bond donors (Lipinski definition) is 0. The van der Waals surface area contributed by atoms with Gasteiger partial charge in [-0.3, -0.25) is 0 Å². The molecule has 0 saturated carbocycles. The average molecular weight is 182 g/mol. The van der Waals surface area contributed by atoms with Gasteiger partial charge in [-0.25, -0.2) is 0 Å². The predicted molar refractivity (Wildman–Crippen MR) is 65.4 cm³/mol. The molecule has 0 aliphatic rings. The summed E-state index contributed by atoms with van der Waals surface area (Å²) < 4.78 is 5.13. The van der Waals surface area contributed by atoms with Gasteiger partial charge in [0.25, 0.3) is 0 Å². The molecule has 0 atom stereocenters. The molecule has 4 heteroatoms. The van der Waals surface area contributed by atoms with Crippen molar-refractivity contribution in [3.05, 3.63) is 29.8 Å². The van der Waals surface area contributed by atoms with Crippen LogP contribution in [0.3, 0.4) is 0 Å². The number of aryl methyl sites for hydroxylation is 1. The second-order valence-corrected chi connectivity index (χ2v) is 2.48. The van der Waals surface area contributed by atoms with Gasteiger partial charge in [0.1, 0.15) is 0 Å². The molecule has 0 N–H and O–H groups in total. The van der Waals surface area contributed by atoms with Crippen LogP contribution in [0.4, 0.5) is 0 Å². The zero-order chi connectivity index (χ0) is 11.0. The molecule has 0 saturated heterocycles. The van der Waals surface area contributed by atoms with Crippen LogP contribution < -0.4 is 4.74 Å². The molecule has 0 aromatic heterocycles. The maximum absolute atomic E-state index is 5.36. The van der Waals surface area contributed by atoms with Crippen LogP contribution in [-0.4, -0.2) is 27.9 Å². The van der Waals surface area contributed by atoms with Gasteiger partial charge < -0.3 is 0 Å². The molecule has 1 aromatic rings. The van der Waals surface area contributed by atoms with Crippen molar-refractivity contribution in [2.24, 2.45) is 0 Å². The van der Waals surface area contributed by atoms with E-state index in [-0.39, 0.29) is 5.55 Å². The average Bonchev–Trinajstić information content (AvgIpc) is 2.24. The number of hydrogen-bond acceptors (Lipinski definition) is 1. The zero-order valence-corrected chi connectivity index (χ0v) is 8.95. The number of benzene rings is 1. The summed E-state index contributed by atoms with van der Waals surface area (Å²) in [5.74, 6) is 0.694. The van der Waals surface area contributed by atoms with Gasteiger partial charge in [-0.2, -0.15) is 0 Å². The molecule has 0 amide bonds. The first kappa shape index (κ1) is 13.1. The number of ether oxygens (including phenoxy) is 1. The topological polar surface area (TPSA) is 9.23 Å². The Morgan fingerprint density at radius 3 is 2.14 bits per heavy atom. The molecule has 1 rings (SSSR count).